The number of hydrogen-bond donors (Lipinski definition) is 1. The fourth-order valence-corrected chi connectivity index (χ4v) is 2.65. The highest BCUT2D eigenvalue weighted by molar-refractivity contribution is 7.09. The SMILES string of the molecule is CCN(CC)C(N)=NCc1nc(-c2ccccc2)cs1. The molecule has 0 aliphatic carbocycles. The third-order valence-electron chi connectivity index (χ3n) is 3.09. The van der Waals surface area contributed by atoms with Crippen molar-refractivity contribution in [1.29, 1.82) is 0 Å². The van der Waals surface area contributed by atoms with E-state index in [1.165, 1.54) is 0 Å². The van der Waals surface area contributed by atoms with Crippen LogP contribution in [0.25, 0.3) is 11.3 Å². The molecule has 2 N–H and O–H groups in total. The van der Waals surface area contributed by atoms with Crippen LogP contribution in [0.3, 0.4) is 0 Å². The summed E-state index contributed by atoms with van der Waals surface area (Å²) in [5, 5.41) is 3.05. The first kappa shape index (κ1) is 14.5. The third-order valence-corrected chi connectivity index (χ3v) is 3.92. The summed E-state index contributed by atoms with van der Waals surface area (Å²) in [7, 11) is 0. The lowest BCUT2D eigenvalue weighted by atomic mass is 10.2. The van der Waals surface area contributed by atoms with E-state index in [0.29, 0.717) is 12.5 Å². The molecule has 0 radical (unpaired) electrons. The topological polar surface area (TPSA) is 54.5 Å². The lowest BCUT2D eigenvalue weighted by Crippen LogP contribution is -2.37. The molecule has 0 saturated carbocycles. The van der Waals surface area contributed by atoms with Gasteiger partial charge in [0.1, 0.15) is 5.01 Å². The number of hydrogen-bond acceptors (Lipinski definition) is 3. The van der Waals surface area contributed by atoms with Crippen LogP contribution >= 0.6 is 11.3 Å². The standard InChI is InChI=1S/C15H20N4S/c1-3-19(4-2)15(16)17-10-14-18-13(11-20-14)12-8-6-5-7-9-12/h5-9,11H,3-4,10H2,1-2H3,(H2,16,17). The van der Waals surface area contributed by atoms with Crippen LogP contribution in [0.15, 0.2) is 40.7 Å². The van der Waals surface area contributed by atoms with Gasteiger partial charge in [0.15, 0.2) is 5.96 Å². The Labute approximate surface area is 124 Å². The minimum atomic E-state index is 0.542. The fourth-order valence-electron chi connectivity index (χ4n) is 1.92. The van der Waals surface area contributed by atoms with Gasteiger partial charge in [-0.2, -0.15) is 0 Å². The number of rotatable bonds is 5. The third kappa shape index (κ3) is 3.57. The van der Waals surface area contributed by atoms with Crippen LogP contribution in [0, 0.1) is 0 Å². The Morgan fingerprint density at radius 2 is 1.95 bits per heavy atom. The van der Waals surface area contributed by atoms with E-state index < -0.39 is 0 Å². The van der Waals surface area contributed by atoms with E-state index in [1.807, 2.05) is 23.1 Å². The van der Waals surface area contributed by atoms with E-state index in [1.54, 1.807) is 11.3 Å². The molecule has 20 heavy (non-hydrogen) atoms. The van der Waals surface area contributed by atoms with Crippen LogP contribution in [0.4, 0.5) is 0 Å². The molecule has 1 aromatic heterocycles. The summed E-state index contributed by atoms with van der Waals surface area (Å²) in [4.78, 5) is 11.0. The van der Waals surface area contributed by atoms with Gasteiger partial charge < -0.3 is 10.6 Å². The molecule has 5 heteroatoms. The van der Waals surface area contributed by atoms with Gasteiger partial charge in [0, 0.05) is 24.0 Å². The van der Waals surface area contributed by atoms with Crippen molar-refractivity contribution in [2.45, 2.75) is 20.4 Å². The zero-order valence-electron chi connectivity index (χ0n) is 11.9. The van der Waals surface area contributed by atoms with Crippen LogP contribution in [0.1, 0.15) is 18.9 Å². The Balaban J connectivity index is 2.05. The molecule has 1 aromatic carbocycles. The normalized spacial score (nSPS) is 11.6. The van der Waals surface area contributed by atoms with Gasteiger partial charge in [-0.05, 0) is 13.8 Å². The van der Waals surface area contributed by atoms with Crippen molar-refractivity contribution < 1.29 is 0 Å². The van der Waals surface area contributed by atoms with Gasteiger partial charge in [-0.1, -0.05) is 30.3 Å². The smallest absolute Gasteiger partial charge is 0.191 e. The number of nitrogens with zero attached hydrogens (tertiary/aromatic N) is 3. The van der Waals surface area contributed by atoms with E-state index in [9.17, 15) is 0 Å². The van der Waals surface area contributed by atoms with Gasteiger partial charge >= 0.3 is 0 Å². The monoisotopic (exact) mass is 288 g/mol. The summed E-state index contributed by atoms with van der Waals surface area (Å²) < 4.78 is 0. The zero-order chi connectivity index (χ0) is 14.4. The largest absolute Gasteiger partial charge is 0.370 e. The maximum Gasteiger partial charge on any atom is 0.191 e. The molecule has 0 fully saturated rings. The maximum absolute atomic E-state index is 5.96. The maximum atomic E-state index is 5.96. The molecule has 2 aromatic rings. The van der Waals surface area contributed by atoms with Crippen LogP contribution in [-0.4, -0.2) is 28.9 Å². The molecule has 0 spiro atoms. The average Bonchev–Trinajstić information content (AvgIpc) is 2.96. The van der Waals surface area contributed by atoms with Crippen molar-refractivity contribution in [3.8, 4) is 11.3 Å². The number of aromatic nitrogens is 1. The highest BCUT2D eigenvalue weighted by Crippen LogP contribution is 2.21. The first-order chi connectivity index (χ1) is 9.74. The molecule has 0 amide bonds. The molecule has 0 saturated heterocycles. The van der Waals surface area contributed by atoms with Crippen LogP contribution < -0.4 is 5.73 Å². The predicted molar refractivity (Wildman–Crippen MR) is 85.8 cm³/mol. The van der Waals surface area contributed by atoms with Gasteiger partial charge in [0.2, 0.25) is 0 Å². The second-order valence-corrected chi connectivity index (χ2v) is 5.28. The molecule has 2 rings (SSSR count). The number of benzene rings is 1. The van der Waals surface area contributed by atoms with Crippen LogP contribution in [0.5, 0.6) is 0 Å². The summed E-state index contributed by atoms with van der Waals surface area (Å²) in [6.45, 7) is 6.43. The summed E-state index contributed by atoms with van der Waals surface area (Å²) in [5.41, 5.74) is 8.09. The van der Waals surface area contributed by atoms with E-state index in [0.717, 1.165) is 29.4 Å². The van der Waals surface area contributed by atoms with Gasteiger partial charge in [0.05, 0.1) is 12.2 Å². The minimum absolute atomic E-state index is 0.542. The first-order valence-electron chi connectivity index (χ1n) is 6.79. The number of guanidine groups is 1. The molecule has 1 heterocycles. The molecule has 0 atom stereocenters. The molecule has 0 aliphatic heterocycles. The van der Waals surface area contributed by atoms with Crippen molar-refractivity contribution >= 4 is 17.3 Å². The summed E-state index contributed by atoms with van der Waals surface area (Å²) >= 11 is 1.62. The summed E-state index contributed by atoms with van der Waals surface area (Å²) in [5.74, 6) is 0.589. The van der Waals surface area contributed by atoms with Crippen LogP contribution in [0.2, 0.25) is 0 Å². The molecule has 0 bridgehead atoms. The van der Waals surface area contributed by atoms with Crippen molar-refractivity contribution in [2.75, 3.05) is 13.1 Å². The Hall–Kier alpha value is -1.88. The van der Waals surface area contributed by atoms with Gasteiger partial charge in [-0.25, -0.2) is 9.98 Å². The second kappa shape index (κ2) is 7.05. The fraction of sp³-hybridized carbons (Fsp3) is 0.333. The van der Waals surface area contributed by atoms with E-state index >= 15 is 0 Å². The lowest BCUT2D eigenvalue weighted by molar-refractivity contribution is 0.458. The first-order valence-corrected chi connectivity index (χ1v) is 7.67. The Kier molecular flexibility index (Phi) is 5.12. The van der Waals surface area contributed by atoms with Crippen LogP contribution in [-0.2, 0) is 6.54 Å². The van der Waals surface area contributed by atoms with Gasteiger partial charge in [-0.3, -0.25) is 0 Å². The number of aliphatic imine (C=N–C) groups is 1. The zero-order valence-corrected chi connectivity index (χ0v) is 12.7. The Morgan fingerprint density at radius 3 is 2.60 bits per heavy atom. The molecule has 4 nitrogen and oxygen atoms in total. The minimum Gasteiger partial charge on any atom is -0.370 e. The van der Waals surface area contributed by atoms with Crippen molar-refractivity contribution in [1.82, 2.24) is 9.88 Å². The molecule has 0 unspecified atom stereocenters. The predicted octanol–water partition coefficient (Wildman–Crippen LogP) is 2.97. The number of thiazole rings is 1. The molecular weight excluding hydrogens is 268 g/mol. The number of nitrogens with two attached hydrogens (primary N) is 1. The Morgan fingerprint density at radius 1 is 1.25 bits per heavy atom. The van der Waals surface area contributed by atoms with Gasteiger partial charge in [-0.15, -0.1) is 11.3 Å². The molecular formula is C15H20N4S. The van der Waals surface area contributed by atoms with E-state index in [4.69, 9.17) is 5.73 Å². The second-order valence-electron chi connectivity index (χ2n) is 4.34. The molecule has 0 aliphatic rings. The van der Waals surface area contributed by atoms with Crippen molar-refractivity contribution in [2.24, 2.45) is 10.7 Å². The van der Waals surface area contributed by atoms with E-state index in [-0.39, 0.29) is 0 Å². The average molecular weight is 288 g/mol. The summed E-state index contributed by atoms with van der Waals surface area (Å²) in [6, 6.07) is 10.2. The van der Waals surface area contributed by atoms with Crippen molar-refractivity contribution in [3.05, 3.63) is 40.7 Å². The summed E-state index contributed by atoms with van der Waals surface area (Å²) in [6.07, 6.45) is 0. The highest BCUT2D eigenvalue weighted by atomic mass is 32.1. The lowest BCUT2D eigenvalue weighted by Gasteiger charge is -2.18. The molecule has 106 valence electrons. The quantitative estimate of drug-likeness (QED) is 0.680. The van der Waals surface area contributed by atoms with Gasteiger partial charge in [0.25, 0.3) is 0 Å². The highest BCUT2D eigenvalue weighted by Gasteiger charge is 2.05. The van der Waals surface area contributed by atoms with E-state index in [2.05, 4.69) is 41.3 Å². The van der Waals surface area contributed by atoms with Crippen molar-refractivity contribution in [3.63, 3.8) is 0 Å². The Bertz CT molecular complexity index is 558.